The van der Waals surface area contributed by atoms with Gasteiger partial charge in [-0.1, -0.05) is 18.2 Å². The van der Waals surface area contributed by atoms with Crippen LogP contribution in [0.5, 0.6) is 11.6 Å². The van der Waals surface area contributed by atoms with Gasteiger partial charge in [-0.25, -0.2) is 13.4 Å². The minimum Gasteiger partial charge on any atom is -0.438 e. The van der Waals surface area contributed by atoms with Gasteiger partial charge in [-0.05, 0) is 18.2 Å². The standard InChI is InChI=1S/C11H8ClNO3S/c12-17(14,15)10-6-2-1-5-9(10)16-11-7-3-4-8-13-11/h1-8H. The van der Waals surface area contributed by atoms with Crippen LogP contribution in [-0.4, -0.2) is 13.4 Å². The predicted octanol–water partition coefficient (Wildman–Crippen LogP) is 2.80. The molecule has 0 bridgehead atoms. The summed E-state index contributed by atoms with van der Waals surface area (Å²) in [7, 11) is 1.47. The zero-order valence-electron chi connectivity index (χ0n) is 8.58. The maximum Gasteiger partial charge on any atom is 0.265 e. The second-order valence-electron chi connectivity index (χ2n) is 3.15. The molecule has 0 amide bonds. The van der Waals surface area contributed by atoms with Gasteiger partial charge < -0.3 is 4.74 Å². The molecule has 0 aliphatic heterocycles. The van der Waals surface area contributed by atoms with Crippen molar-refractivity contribution in [1.82, 2.24) is 4.98 Å². The van der Waals surface area contributed by atoms with Gasteiger partial charge in [0.25, 0.3) is 9.05 Å². The number of para-hydroxylation sites is 1. The highest BCUT2D eigenvalue weighted by molar-refractivity contribution is 8.13. The third kappa shape index (κ3) is 2.95. The Balaban J connectivity index is 2.41. The highest BCUT2D eigenvalue weighted by Crippen LogP contribution is 2.29. The van der Waals surface area contributed by atoms with E-state index >= 15 is 0 Å². The minimum absolute atomic E-state index is 0.0766. The second-order valence-corrected chi connectivity index (χ2v) is 5.69. The Bertz CT molecular complexity index is 614. The first-order valence-electron chi connectivity index (χ1n) is 4.70. The number of rotatable bonds is 3. The molecule has 1 aromatic heterocycles. The van der Waals surface area contributed by atoms with Gasteiger partial charge >= 0.3 is 0 Å². The smallest absolute Gasteiger partial charge is 0.265 e. The maximum absolute atomic E-state index is 11.3. The summed E-state index contributed by atoms with van der Waals surface area (Å²) in [6.07, 6.45) is 1.55. The van der Waals surface area contributed by atoms with E-state index in [2.05, 4.69) is 4.98 Å². The zero-order valence-corrected chi connectivity index (χ0v) is 10.1. The van der Waals surface area contributed by atoms with Crippen molar-refractivity contribution in [2.75, 3.05) is 0 Å². The van der Waals surface area contributed by atoms with Gasteiger partial charge in [0.1, 0.15) is 10.6 Å². The van der Waals surface area contributed by atoms with Crippen LogP contribution in [0.25, 0.3) is 0 Å². The summed E-state index contributed by atoms with van der Waals surface area (Å²) in [5.41, 5.74) is 0. The SMILES string of the molecule is O=S(=O)(Cl)c1ccccc1Oc1ccccn1. The molecule has 4 nitrogen and oxygen atoms in total. The summed E-state index contributed by atoms with van der Waals surface area (Å²) in [6.45, 7) is 0. The van der Waals surface area contributed by atoms with Crippen LogP contribution in [0.4, 0.5) is 0 Å². The number of pyridine rings is 1. The van der Waals surface area contributed by atoms with Crippen LogP contribution in [0.1, 0.15) is 0 Å². The van der Waals surface area contributed by atoms with Crippen molar-refractivity contribution in [1.29, 1.82) is 0 Å². The largest absolute Gasteiger partial charge is 0.438 e. The molecular formula is C11H8ClNO3S. The molecule has 6 heteroatoms. The first kappa shape index (κ1) is 11.9. The molecule has 2 aromatic rings. The first-order chi connectivity index (χ1) is 8.07. The molecular weight excluding hydrogens is 262 g/mol. The number of halogens is 1. The van der Waals surface area contributed by atoms with Gasteiger partial charge in [-0.15, -0.1) is 0 Å². The van der Waals surface area contributed by atoms with Crippen molar-refractivity contribution >= 4 is 19.7 Å². The number of aromatic nitrogens is 1. The molecule has 0 saturated carbocycles. The molecule has 0 aliphatic carbocycles. The molecule has 88 valence electrons. The lowest BCUT2D eigenvalue weighted by Gasteiger charge is -2.07. The Hall–Kier alpha value is -1.59. The second kappa shape index (κ2) is 4.73. The van der Waals surface area contributed by atoms with Gasteiger partial charge in [0.05, 0.1) is 0 Å². The van der Waals surface area contributed by atoms with Crippen LogP contribution in [0.15, 0.2) is 53.6 Å². The molecule has 0 unspecified atom stereocenters. The van der Waals surface area contributed by atoms with Crippen LogP contribution >= 0.6 is 10.7 Å². The number of hydrogen-bond acceptors (Lipinski definition) is 4. The third-order valence-electron chi connectivity index (χ3n) is 1.96. The van der Waals surface area contributed by atoms with Gasteiger partial charge in [-0.3, -0.25) is 0 Å². The van der Waals surface area contributed by atoms with Gasteiger partial charge in [0.15, 0.2) is 0 Å². The van der Waals surface area contributed by atoms with E-state index in [0.717, 1.165) is 0 Å². The fourth-order valence-corrected chi connectivity index (χ4v) is 2.23. The molecule has 0 fully saturated rings. The summed E-state index contributed by atoms with van der Waals surface area (Å²) >= 11 is 0. The average molecular weight is 270 g/mol. The van der Waals surface area contributed by atoms with Crippen molar-refractivity contribution in [3.63, 3.8) is 0 Å². The number of benzene rings is 1. The molecule has 17 heavy (non-hydrogen) atoms. The zero-order chi connectivity index (χ0) is 12.3. The molecule has 0 spiro atoms. The molecule has 1 aromatic carbocycles. The summed E-state index contributed by atoms with van der Waals surface area (Å²) < 4.78 is 28.0. The lowest BCUT2D eigenvalue weighted by molar-refractivity contribution is 0.450. The van der Waals surface area contributed by atoms with E-state index in [4.69, 9.17) is 15.4 Å². The van der Waals surface area contributed by atoms with Crippen molar-refractivity contribution in [2.45, 2.75) is 4.90 Å². The van der Waals surface area contributed by atoms with Gasteiger partial charge in [0, 0.05) is 22.9 Å². The number of hydrogen-bond donors (Lipinski definition) is 0. The van der Waals surface area contributed by atoms with Crippen LogP contribution < -0.4 is 4.74 Å². The summed E-state index contributed by atoms with van der Waals surface area (Å²) in [6, 6.07) is 11.2. The normalized spacial score (nSPS) is 11.1. The predicted molar refractivity (Wildman–Crippen MR) is 63.8 cm³/mol. The Morgan fingerprint density at radius 1 is 1.06 bits per heavy atom. The monoisotopic (exact) mass is 269 g/mol. The Morgan fingerprint density at radius 2 is 1.76 bits per heavy atom. The van der Waals surface area contributed by atoms with E-state index < -0.39 is 9.05 Å². The highest BCUT2D eigenvalue weighted by Gasteiger charge is 2.16. The van der Waals surface area contributed by atoms with Crippen molar-refractivity contribution in [2.24, 2.45) is 0 Å². The number of nitrogens with zero attached hydrogens (tertiary/aromatic N) is 1. The first-order valence-corrected chi connectivity index (χ1v) is 7.01. The summed E-state index contributed by atoms with van der Waals surface area (Å²) in [4.78, 5) is 3.86. The molecule has 1 heterocycles. The Kier molecular flexibility index (Phi) is 3.31. The van der Waals surface area contributed by atoms with Crippen molar-refractivity contribution in [3.8, 4) is 11.6 Å². The Morgan fingerprint density at radius 3 is 2.41 bits per heavy atom. The lowest BCUT2D eigenvalue weighted by Crippen LogP contribution is -1.96. The molecule has 0 saturated heterocycles. The van der Waals surface area contributed by atoms with E-state index in [9.17, 15) is 8.42 Å². The quantitative estimate of drug-likeness (QED) is 0.804. The molecule has 0 atom stereocenters. The fraction of sp³-hybridized carbons (Fsp3) is 0. The van der Waals surface area contributed by atoms with E-state index in [1.807, 2.05) is 0 Å². The topological polar surface area (TPSA) is 56.3 Å². The maximum atomic E-state index is 11.3. The summed E-state index contributed by atoms with van der Waals surface area (Å²) in [5.74, 6) is 0.460. The fourth-order valence-electron chi connectivity index (χ4n) is 1.26. The molecule has 0 aliphatic rings. The van der Waals surface area contributed by atoms with E-state index in [1.165, 1.54) is 12.1 Å². The van der Waals surface area contributed by atoms with Gasteiger partial charge in [0.2, 0.25) is 5.88 Å². The summed E-state index contributed by atoms with van der Waals surface area (Å²) in [5, 5.41) is 0. The molecule has 2 rings (SSSR count). The van der Waals surface area contributed by atoms with E-state index in [0.29, 0.717) is 5.88 Å². The van der Waals surface area contributed by atoms with Crippen molar-refractivity contribution < 1.29 is 13.2 Å². The van der Waals surface area contributed by atoms with Gasteiger partial charge in [-0.2, -0.15) is 0 Å². The minimum atomic E-state index is -3.83. The van der Waals surface area contributed by atoms with Crippen LogP contribution in [-0.2, 0) is 9.05 Å². The van der Waals surface area contributed by atoms with Crippen molar-refractivity contribution in [3.05, 3.63) is 48.7 Å². The van der Waals surface area contributed by atoms with Crippen LogP contribution in [0.2, 0.25) is 0 Å². The molecule has 0 N–H and O–H groups in total. The highest BCUT2D eigenvalue weighted by atomic mass is 35.7. The third-order valence-corrected chi connectivity index (χ3v) is 3.33. The van der Waals surface area contributed by atoms with E-state index in [-0.39, 0.29) is 10.6 Å². The number of ether oxygens (including phenoxy) is 1. The molecule has 0 radical (unpaired) electrons. The van der Waals surface area contributed by atoms with Crippen LogP contribution in [0.3, 0.4) is 0 Å². The lowest BCUT2D eigenvalue weighted by atomic mass is 10.3. The van der Waals surface area contributed by atoms with Crippen LogP contribution in [0, 0.1) is 0 Å². The average Bonchev–Trinajstić information content (AvgIpc) is 2.30. The Labute approximate surface area is 103 Å². The van der Waals surface area contributed by atoms with E-state index in [1.54, 1.807) is 36.5 Å².